The van der Waals surface area contributed by atoms with Gasteiger partial charge in [0.15, 0.2) is 0 Å². The molecule has 1 atom stereocenters. The molecule has 2 amide bonds. The summed E-state index contributed by atoms with van der Waals surface area (Å²) < 4.78 is 5.55. The van der Waals surface area contributed by atoms with Gasteiger partial charge < -0.3 is 20.1 Å². The Bertz CT molecular complexity index is 942. The van der Waals surface area contributed by atoms with Crippen LogP contribution < -0.4 is 5.32 Å². The fourth-order valence-electron chi connectivity index (χ4n) is 4.16. The van der Waals surface area contributed by atoms with Gasteiger partial charge in [0.1, 0.15) is 12.6 Å². The summed E-state index contributed by atoms with van der Waals surface area (Å²) in [4.78, 5) is 37.9. The summed E-state index contributed by atoms with van der Waals surface area (Å²) in [6.07, 6.45) is -0.432. The minimum atomic E-state index is -0.971. The third-order valence-corrected chi connectivity index (χ3v) is 5.82. The normalized spacial score (nSPS) is 13.2. The van der Waals surface area contributed by atoms with E-state index in [4.69, 9.17) is 9.84 Å². The van der Waals surface area contributed by atoms with Crippen molar-refractivity contribution < 1.29 is 24.2 Å². The minimum Gasteiger partial charge on any atom is -0.481 e. The number of carbonyl (C=O) groups excluding carboxylic acids is 2. The van der Waals surface area contributed by atoms with Crippen molar-refractivity contribution in [1.29, 1.82) is 0 Å². The second kappa shape index (κ2) is 10.3. The van der Waals surface area contributed by atoms with Crippen molar-refractivity contribution in [3.63, 3.8) is 0 Å². The van der Waals surface area contributed by atoms with Crippen LogP contribution in [-0.2, 0) is 14.3 Å². The fraction of sp³-hybridized carbons (Fsp3) is 0.400. The van der Waals surface area contributed by atoms with Crippen molar-refractivity contribution in [2.75, 3.05) is 13.2 Å². The first-order valence-electron chi connectivity index (χ1n) is 11.0. The number of rotatable bonds is 9. The Morgan fingerprint density at radius 2 is 1.59 bits per heavy atom. The number of hydrogen-bond donors (Lipinski definition) is 2. The Balaban J connectivity index is 1.65. The second-order valence-electron chi connectivity index (χ2n) is 8.20. The molecule has 7 heteroatoms. The third kappa shape index (κ3) is 5.10. The zero-order valence-electron chi connectivity index (χ0n) is 18.7. The van der Waals surface area contributed by atoms with E-state index in [1.54, 1.807) is 6.92 Å². The van der Waals surface area contributed by atoms with Crippen LogP contribution in [0.4, 0.5) is 4.79 Å². The number of nitrogens with zero attached hydrogens (tertiary/aromatic N) is 1. The van der Waals surface area contributed by atoms with Crippen LogP contribution in [0.1, 0.15) is 50.7 Å². The monoisotopic (exact) mass is 438 g/mol. The highest BCUT2D eigenvalue weighted by Gasteiger charge is 2.30. The first-order valence-corrected chi connectivity index (χ1v) is 11.0. The Hall–Kier alpha value is -3.35. The maximum absolute atomic E-state index is 12.9. The van der Waals surface area contributed by atoms with Crippen LogP contribution in [0, 0.1) is 0 Å². The molecule has 0 unspecified atom stereocenters. The SMILES string of the molecule is CC[C@H](NC(=O)OCC1c2ccccc2-c2ccccc21)C(=O)N(CCC(=O)O)C(C)C. The van der Waals surface area contributed by atoms with Gasteiger partial charge in [-0.1, -0.05) is 55.5 Å². The predicted octanol–water partition coefficient (Wildman–Crippen LogP) is 4.02. The second-order valence-corrected chi connectivity index (χ2v) is 8.20. The van der Waals surface area contributed by atoms with Gasteiger partial charge in [-0.05, 0) is 42.5 Å². The molecular formula is C25H30N2O5. The van der Waals surface area contributed by atoms with E-state index in [1.165, 1.54) is 4.90 Å². The standard InChI is InChI=1S/C25H30N2O5/c1-4-22(24(30)27(16(2)3)14-13-23(28)29)26-25(31)32-15-21-19-11-7-5-9-17(19)18-10-6-8-12-20(18)21/h5-12,16,21-22H,4,13-15H2,1-3H3,(H,26,31)(H,28,29)/t22-/m0/s1. The molecule has 0 heterocycles. The van der Waals surface area contributed by atoms with Gasteiger partial charge >= 0.3 is 12.1 Å². The average molecular weight is 439 g/mol. The molecule has 0 fully saturated rings. The van der Waals surface area contributed by atoms with E-state index in [2.05, 4.69) is 17.4 Å². The Kier molecular flexibility index (Phi) is 7.51. The molecule has 0 aromatic heterocycles. The number of ether oxygens (including phenoxy) is 1. The average Bonchev–Trinajstić information content (AvgIpc) is 3.09. The van der Waals surface area contributed by atoms with Gasteiger partial charge in [-0.25, -0.2) is 4.79 Å². The zero-order chi connectivity index (χ0) is 23.3. The molecule has 3 rings (SSSR count). The number of carboxylic acid groups (broad SMARTS) is 1. The lowest BCUT2D eigenvalue weighted by molar-refractivity contribution is -0.139. The fourth-order valence-corrected chi connectivity index (χ4v) is 4.16. The van der Waals surface area contributed by atoms with Gasteiger partial charge in [0.25, 0.3) is 0 Å². The van der Waals surface area contributed by atoms with Crippen LogP contribution in [0.5, 0.6) is 0 Å². The van der Waals surface area contributed by atoms with Gasteiger partial charge in [-0.15, -0.1) is 0 Å². The first-order chi connectivity index (χ1) is 15.3. The van der Waals surface area contributed by atoms with Gasteiger partial charge in [-0.2, -0.15) is 0 Å². The van der Waals surface area contributed by atoms with Crippen molar-refractivity contribution in [3.05, 3.63) is 59.7 Å². The lowest BCUT2D eigenvalue weighted by atomic mass is 9.98. The number of amides is 2. The Labute approximate surface area is 188 Å². The molecule has 0 saturated carbocycles. The number of carboxylic acids is 1. The van der Waals surface area contributed by atoms with Crippen LogP contribution in [0.15, 0.2) is 48.5 Å². The molecule has 0 bridgehead atoms. The highest BCUT2D eigenvalue weighted by molar-refractivity contribution is 5.86. The van der Waals surface area contributed by atoms with Crippen molar-refractivity contribution in [2.24, 2.45) is 0 Å². The molecule has 1 aliphatic rings. The smallest absolute Gasteiger partial charge is 0.407 e. The topological polar surface area (TPSA) is 95.9 Å². The summed E-state index contributed by atoms with van der Waals surface area (Å²) in [5, 5.41) is 11.6. The summed E-state index contributed by atoms with van der Waals surface area (Å²) in [6.45, 7) is 5.69. The number of aliphatic carboxylic acids is 1. The van der Waals surface area contributed by atoms with E-state index in [1.807, 2.05) is 50.2 Å². The molecule has 0 spiro atoms. The first kappa shape index (κ1) is 23.3. The Morgan fingerprint density at radius 3 is 2.09 bits per heavy atom. The molecule has 7 nitrogen and oxygen atoms in total. The van der Waals surface area contributed by atoms with E-state index >= 15 is 0 Å². The summed E-state index contributed by atoms with van der Waals surface area (Å²) >= 11 is 0. The quantitative estimate of drug-likeness (QED) is 0.617. The lowest BCUT2D eigenvalue weighted by Gasteiger charge is -2.30. The van der Waals surface area contributed by atoms with Crippen molar-refractivity contribution >= 4 is 18.0 Å². The van der Waals surface area contributed by atoms with Gasteiger partial charge in [0.2, 0.25) is 5.91 Å². The molecular weight excluding hydrogens is 408 g/mol. The molecule has 32 heavy (non-hydrogen) atoms. The van der Waals surface area contributed by atoms with Crippen molar-refractivity contribution in [2.45, 2.75) is 51.6 Å². The number of carbonyl (C=O) groups is 3. The van der Waals surface area contributed by atoms with Gasteiger partial charge in [0, 0.05) is 18.5 Å². The summed E-state index contributed by atoms with van der Waals surface area (Å²) in [7, 11) is 0. The van der Waals surface area contributed by atoms with Crippen LogP contribution in [0.25, 0.3) is 11.1 Å². The molecule has 1 aliphatic carbocycles. The number of hydrogen-bond acceptors (Lipinski definition) is 4. The number of benzene rings is 2. The van der Waals surface area contributed by atoms with Gasteiger partial charge in [0.05, 0.1) is 6.42 Å². The van der Waals surface area contributed by atoms with E-state index < -0.39 is 18.1 Å². The summed E-state index contributed by atoms with van der Waals surface area (Å²) in [6, 6.07) is 15.2. The van der Waals surface area contributed by atoms with Crippen LogP contribution >= 0.6 is 0 Å². The highest BCUT2D eigenvalue weighted by Crippen LogP contribution is 2.44. The summed E-state index contributed by atoms with van der Waals surface area (Å²) in [5.41, 5.74) is 4.52. The van der Waals surface area contributed by atoms with E-state index in [0.717, 1.165) is 22.3 Å². The number of alkyl carbamates (subject to hydrolysis) is 1. The number of nitrogens with one attached hydrogen (secondary N) is 1. The van der Waals surface area contributed by atoms with Gasteiger partial charge in [-0.3, -0.25) is 9.59 Å². The molecule has 0 saturated heterocycles. The highest BCUT2D eigenvalue weighted by atomic mass is 16.5. The molecule has 2 aromatic carbocycles. The maximum atomic E-state index is 12.9. The molecule has 0 radical (unpaired) electrons. The molecule has 170 valence electrons. The van der Waals surface area contributed by atoms with E-state index in [0.29, 0.717) is 6.42 Å². The largest absolute Gasteiger partial charge is 0.481 e. The van der Waals surface area contributed by atoms with Crippen molar-refractivity contribution in [3.8, 4) is 11.1 Å². The van der Waals surface area contributed by atoms with E-state index in [-0.39, 0.29) is 37.4 Å². The maximum Gasteiger partial charge on any atom is 0.407 e. The van der Waals surface area contributed by atoms with Crippen LogP contribution in [-0.4, -0.2) is 53.2 Å². The van der Waals surface area contributed by atoms with E-state index in [9.17, 15) is 14.4 Å². The van der Waals surface area contributed by atoms with Crippen molar-refractivity contribution in [1.82, 2.24) is 10.2 Å². The van der Waals surface area contributed by atoms with Crippen LogP contribution in [0.2, 0.25) is 0 Å². The minimum absolute atomic E-state index is 0.0633. The molecule has 0 aliphatic heterocycles. The lowest BCUT2D eigenvalue weighted by Crippen LogP contribution is -2.51. The predicted molar refractivity (Wildman–Crippen MR) is 121 cm³/mol. The molecule has 2 aromatic rings. The summed E-state index contributed by atoms with van der Waals surface area (Å²) in [5.74, 6) is -1.34. The third-order valence-electron chi connectivity index (χ3n) is 5.82. The molecule has 2 N–H and O–H groups in total. The zero-order valence-corrected chi connectivity index (χ0v) is 18.7. The Morgan fingerprint density at radius 1 is 1.03 bits per heavy atom. The van der Waals surface area contributed by atoms with Crippen LogP contribution in [0.3, 0.4) is 0 Å². The number of fused-ring (bicyclic) bond motifs is 3.